The van der Waals surface area contributed by atoms with Crippen molar-refractivity contribution in [2.75, 3.05) is 13.2 Å². The molecule has 1 atom stereocenters. The summed E-state index contributed by atoms with van der Waals surface area (Å²) in [4.78, 5) is 34.4. The molecule has 1 aliphatic rings. The minimum Gasteiger partial charge on any atom is -0.463 e. The number of halogens is 1. The second kappa shape index (κ2) is 7.08. The Morgan fingerprint density at radius 3 is 2.67 bits per heavy atom. The molecular formula is C14H14ClNO5. The Bertz CT molecular complexity index is 543. The van der Waals surface area contributed by atoms with E-state index in [1.165, 1.54) is 0 Å². The quantitative estimate of drug-likeness (QED) is 0.829. The van der Waals surface area contributed by atoms with Crippen LogP contribution in [0.1, 0.15) is 23.2 Å². The van der Waals surface area contributed by atoms with E-state index < -0.39 is 18.0 Å². The maximum atomic E-state index is 11.8. The first-order chi connectivity index (χ1) is 10.1. The molecule has 112 valence electrons. The van der Waals surface area contributed by atoms with Crippen LogP contribution in [0.5, 0.6) is 0 Å². The number of benzene rings is 1. The summed E-state index contributed by atoms with van der Waals surface area (Å²) in [7, 11) is 0. The molecule has 1 aliphatic heterocycles. The van der Waals surface area contributed by atoms with Crippen molar-refractivity contribution in [1.82, 2.24) is 5.32 Å². The molecule has 1 amide bonds. The van der Waals surface area contributed by atoms with Crippen molar-refractivity contribution >= 4 is 29.4 Å². The van der Waals surface area contributed by atoms with Gasteiger partial charge in [0.15, 0.2) is 0 Å². The molecule has 1 aromatic rings. The lowest BCUT2D eigenvalue weighted by Gasteiger charge is -2.09. The third kappa shape index (κ3) is 4.46. The highest BCUT2D eigenvalue weighted by atomic mass is 35.5. The van der Waals surface area contributed by atoms with Crippen molar-refractivity contribution < 1.29 is 23.9 Å². The molecule has 0 spiro atoms. The van der Waals surface area contributed by atoms with Crippen LogP contribution >= 0.6 is 11.6 Å². The van der Waals surface area contributed by atoms with Gasteiger partial charge in [0, 0.05) is 23.6 Å². The van der Waals surface area contributed by atoms with Crippen molar-refractivity contribution in [2.24, 2.45) is 0 Å². The summed E-state index contributed by atoms with van der Waals surface area (Å²) in [5, 5.41) is 3.13. The molecular weight excluding hydrogens is 298 g/mol. The van der Waals surface area contributed by atoms with Gasteiger partial charge in [-0.15, -0.1) is 0 Å². The summed E-state index contributed by atoms with van der Waals surface area (Å²) < 4.78 is 9.62. The normalized spacial score (nSPS) is 17.2. The lowest BCUT2D eigenvalue weighted by atomic mass is 10.2. The van der Waals surface area contributed by atoms with Gasteiger partial charge in [0.25, 0.3) is 5.91 Å². The highest BCUT2D eigenvalue weighted by molar-refractivity contribution is 6.30. The van der Waals surface area contributed by atoms with E-state index in [-0.39, 0.29) is 25.5 Å². The van der Waals surface area contributed by atoms with Crippen LogP contribution in [0.15, 0.2) is 24.3 Å². The van der Waals surface area contributed by atoms with Crippen molar-refractivity contribution in [2.45, 2.75) is 18.9 Å². The fourth-order valence-corrected chi connectivity index (χ4v) is 1.91. The molecule has 1 saturated heterocycles. The number of carbonyl (C=O) groups excluding carboxylic acids is 3. The van der Waals surface area contributed by atoms with Crippen LogP contribution in [0.3, 0.4) is 0 Å². The molecule has 1 heterocycles. The first kappa shape index (κ1) is 15.3. The molecule has 0 saturated carbocycles. The lowest BCUT2D eigenvalue weighted by molar-refractivity contribution is -0.160. The van der Waals surface area contributed by atoms with E-state index in [1.807, 2.05) is 0 Å². The fraction of sp³-hybridized carbons (Fsp3) is 0.357. The summed E-state index contributed by atoms with van der Waals surface area (Å²) in [5.74, 6) is -1.37. The Hall–Kier alpha value is -2.08. The molecule has 0 radical (unpaired) electrons. The van der Waals surface area contributed by atoms with Crippen molar-refractivity contribution in [3.8, 4) is 0 Å². The van der Waals surface area contributed by atoms with Gasteiger partial charge in [-0.25, -0.2) is 4.79 Å². The van der Waals surface area contributed by atoms with Gasteiger partial charge in [-0.1, -0.05) is 11.6 Å². The maximum absolute atomic E-state index is 11.8. The lowest BCUT2D eigenvalue weighted by Crippen LogP contribution is -2.28. The van der Waals surface area contributed by atoms with Gasteiger partial charge in [0.05, 0.1) is 13.0 Å². The Kier molecular flexibility index (Phi) is 5.16. The van der Waals surface area contributed by atoms with Crippen LogP contribution in [0.2, 0.25) is 5.02 Å². The second-order valence-electron chi connectivity index (χ2n) is 4.45. The zero-order chi connectivity index (χ0) is 15.2. The van der Waals surface area contributed by atoms with Gasteiger partial charge in [-0.2, -0.15) is 0 Å². The van der Waals surface area contributed by atoms with Gasteiger partial charge >= 0.3 is 11.9 Å². The summed E-state index contributed by atoms with van der Waals surface area (Å²) in [6.45, 7) is 0.395. The Morgan fingerprint density at radius 1 is 1.33 bits per heavy atom. The van der Waals surface area contributed by atoms with Crippen molar-refractivity contribution in [1.29, 1.82) is 0 Å². The highest BCUT2D eigenvalue weighted by Gasteiger charge is 2.29. The number of rotatable bonds is 5. The zero-order valence-electron chi connectivity index (χ0n) is 11.1. The molecule has 0 aromatic heterocycles. The molecule has 1 aromatic carbocycles. The number of esters is 2. The first-order valence-corrected chi connectivity index (χ1v) is 6.84. The van der Waals surface area contributed by atoms with Crippen LogP contribution in [-0.4, -0.2) is 37.1 Å². The molecule has 6 nitrogen and oxygen atoms in total. The van der Waals surface area contributed by atoms with Crippen LogP contribution in [0, 0.1) is 0 Å². The smallest absolute Gasteiger partial charge is 0.347 e. The Labute approximate surface area is 126 Å². The van der Waals surface area contributed by atoms with Gasteiger partial charge in [0.2, 0.25) is 6.10 Å². The Balaban J connectivity index is 1.71. The zero-order valence-corrected chi connectivity index (χ0v) is 11.9. The van der Waals surface area contributed by atoms with Crippen LogP contribution < -0.4 is 5.32 Å². The highest BCUT2D eigenvalue weighted by Crippen LogP contribution is 2.11. The minimum atomic E-state index is -0.815. The number of hydrogen-bond acceptors (Lipinski definition) is 5. The monoisotopic (exact) mass is 311 g/mol. The molecule has 2 rings (SSSR count). The van der Waals surface area contributed by atoms with Crippen LogP contribution in [0.25, 0.3) is 0 Å². The van der Waals surface area contributed by atoms with Crippen LogP contribution in [0.4, 0.5) is 0 Å². The Morgan fingerprint density at radius 2 is 2.05 bits per heavy atom. The number of cyclic esters (lactones) is 1. The molecule has 7 heteroatoms. The van der Waals surface area contributed by atoms with Crippen molar-refractivity contribution in [3.05, 3.63) is 34.9 Å². The summed E-state index contributed by atoms with van der Waals surface area (Å²) in [6, 6.07) is 6.39. The first-order valence-electron chi connectivity index (χ1n) is 6.46. The number of ether oxygens (including phenoxy) is 2. The number of nitrogens with one attached hydrogen (secondary N) is 1. The SMILES string of the molecule is O=C(CCNC(=O)c1ccc(Cl)cc1)O[C@H]1CCOC1=O. The van der Waals surface area contributed by atoms with E-state index in [0.717, 1.165) is 0 Å². The third-order valence-corrected chi connectivity index (χ3v) is 3.13. The summed E-state index contributed by atoms with van der Waals surface area (Å²) in [5.41, 5.74) is 0.451. The predicted octanol–water partition coefficient (Wildman–Crippen LogP) is 1.32. The minimum absolute atomic E-state index is 0.0108. The molecule has 0 unspecified atom stereocenters. The van der Waals surface area contributed by atoms with E-state index in [9.17, 15) is 14.4 Å². The van der Waals surface area contributed by atoms with E-state index in [0.29, 0.717) is 17.0 Å². The molecule has 1 N–H and O–H groups in total. The predicted molar refractivity (Wildman–Crippen MR) is 73.9 cm³/mol. The fourth-order valence-electron chi connectivity index (χ4n) is 1.78. The van der Waals surface area contributed by atoms with Gasteiger partial charge in [-0.3, -0.25) is 9.59 Å². The van der Waals surface area contributed by atoms with Crippen LogP contribution in [-0.2, 0) is 19.1 Å². The molecule has 1 fully saturated rings. The molecule has 0 bridgehead atoms. The number of amides is 1. The average Bonchev–Trinajstić information content (AvgIpc) is 2.85. The molecule has 0 aliphatic carbocycles. The standard InChI is InChI=1S/C14H14ClNO5/c15-10-3-1-9(2-4-10)13(18)16-7-5-12(17)21-11-6-8-20-14(11)19/h1-4,11H,5-8H2,(H,16,18)/t11-/m0/s1. The van der Waals surface area contributed by atoms with E-state index in [1.54, 1.807) is 24.3 Å². The van der Waals surface area contributed by atoms with Crippen molar-refractivity contribution in [3.63, 3.8) is 0 Å². The third-order valence-electron chi connectivity index (χ3n) is 2.88. The van der Waals surface area contributed by atoms with E-state index >= 15 is 0 Å². The second-order valence-corrected chi connectivity index (χ2v) is 4.88. The summed E-state index contributed by atoms with van der Waals surface area (Å²) >= 11 is 5.72. The topological polar surface area (TPSA) is 81.7 Å². The number of hydrogen-bond donors (Lipinski definition) is 1. The number of carbonyl (C=O) groups is 3. The van der Waals surface area contributed by atoms with Gasteiger partial charge < -0.3 is 14.8 Å². The van der Waals surface area contributed by atoms with Gasteiger partial charge in [-0.05, 0) is 24.3 Å². The maximum Gasteiger partial charge on any atom is 0.347 e. The van der Waals surface area contributed by atoms with Gasteiger partial charge in [0.1, 0.15) is 0 Å². The van der Waals surface area contributed by atoms with E-state index in [4.69, 9.17) is 16.3 Å². The summed E-state index contributed by atoms with van der Waals surface area (Å²) in [6.07, 6.45) is -0.449. The molecule has 21 heavy (non-hydrogen) atoms. The largest absolute Gasteiger partial charge is 0.463 e. The van der Waals surface area contributed by atoms with E-state index in [2.05, 4.69) is 10.1 Å². The average molecular weight is 312 g/mol.